The summed E-state index contributed by atoms with van der Waals surface area (Å²) in [4.78, 5) is 2.82. The number of fused-ring (bicyclic) bond motifs is 1. The van der Waals surface area contributed by atoms with Crippen LogP contribution in [0, 0.1) is 17.8 Å². The van der Waals surface area contributed by atoms with E-state index in [0.717, 1.165) is 23.8 Å². The Labute approximate surface area is 113 Å². The van der Waals surface area contributed by atoms with E-state index in [-0.39, 0.29) is 0 Å². The van der Waals surface area contributed by atoms with Crippen molar-refractivity contribution < 1.29 is 0 Å². The van der Waals surface area contributed by atoms with Gasteiger partial charge < -0.3 is 5.32 Å². The monoisotopic (exact) mass is 250 g/mol. The molecule has 1 aliphatic carbocycles. The molecule has 0 bridgehead atoms. The van der Waals surface area contributed by atoms with Gasteiger partial charge in [0.2, 0.25) is 0 Å². The molecular weight excluding hydrogens is 220 g/mol. The van der Waals surface area contributed by atoms with Crippen LogP contribution >= 0.6 is 0 Å². The molecule has 3 atom stereocenters. The Morgan fingerprint density at radius 3 is 2.44 bits per heavy atom. The average Bonchev–Trinajstić information content (AvgIpc) is 2.87. The molecule has 0 aromatic carbocycles. The van der Waals surface area contributed by atoms with Gasteiger partial charge in [-0.15, -0.1) is 0 Å². The number of nitrogens with zero attached hydrogens (tertiary/aromatic N) is 1. The Morgan fingerprint density at radius 1 is 1.00 bits per heavy atom. The summed E-state index contributed by atoms with van der Waals surface area (Å²) in [5.41, 5.74) is 0. The van der Waals surface area contributed by atoms with Crippen LogP contribution in [0.2, 0.25) is 0 Å². The predicted molar refractivity (Wildman–Crippen MR) is 76.7 cm³/mol. The number of rotatable bonds is 2. The van der Waals surface area contributed by atoms with Crippen LogP contribution in [0.1, 0.15) is 51.9 Å². The molecular formula is C16H30N2. The first-order valence-electron chi connectivity index (χ1n) is 8.29. The maximum atomic E-state index is 3.57. The highest BCUT2D eigenvalue weighted by Gasteiger charge is 2.41. The van der Waals surface area contributed by atoms with Crippen molar-refractivity contribution in [2.75, 3.05) is 26.2 Å². The lowest BCUT2D eigenvalue weighted by Crippen LogP contribution is -2.36. The van der Waals surface area contributed by atoms with Gasteiger partial charge in [-0.1, -0.05) is 32.1 Å². The summed E-state index contributed by atoms with van der Waals surface area (Å²) >= 11 is 0. The van der Waals surface area contributed by atoms with Crippen molar-refractivity contribution in [2.45, 2.75) is 57.9 Å². The molecule has 3 fully saturated rings. The Hall–Kier alpha value is -0.0800. The van der Waals surface area contributed by atoms with Gasteiger partial charge >= 0.3 is 0 Å². The maximum absolute atomic E-state index is 3.57. The number of likely N-dealkylation sites (tertiary alicyclic amines) is 1. The first-order valence-corrected chi connectivity index (χ1v) is 8.29. The van der Waals surface area contributed by atoms with Crippen LogP contribution in [0.5, 0.6) is 0 Å². The first kappa shape index (κ1) is 12.9. The zero-order valence-electron chi connectivity index (χ0n) is 12.0. The Kier molecular flexibility index (Phi) is 4.25. The molecule has 2 nitrogen and oxygen atoms in total. The number of hydrogen-bond donors (Lipinski definition) is 1. The summed E-state index contributed by atoms with van der Waals surface area (Å²) in [5, 5.41) is 3.57. The lowest BCUT2D eigenvalue weighted by Gasteiger charge is -2.29. The summed E-state index contributed by atoms with van der Waals surface area (Å²) in [5.74, 6) is 2.90. The molecule has 0 aromatic rings. The summed E-state index contributed by atoms with van der Waals surface area (Å²) < 4.78 is 0. The quantitative estimate of drug-likeness (QED) is 0.810. The van der Waals surface area contributed by atoms with Crippen LogP contribution in [0.4, 0.5) is 0 Å². The molecule has 0 radical (unpaired) electrons. The van der Waals surface area contributed by atoms with Crippen molar-refractivity contribution in [3.8, 4) is 0 Å². The molecule has 0 amide bonds. The second-order valence-electron chi connectivity index (χ2n) is 6.99. The molecule has 2 aliphatic heterocycles. The number of hydrogen-bond acceptors (Lipinski definition) is 2. The lowest BCUT2D eigenvalue weighted by molar-refractivity contribution is 0.186. The van der Waals surface area contributed by atoms with Crippen LogP contribution in [-0.2, 0) is 0 Å². The van der Waals surface area contributed by atoms with Gasteiger partial charge in [0.15, 0.2) is 0 Å². The van der Waals surface area contributed by atoms with Crippen molar-refractivity contribution in [3.05, 3.63) is 0 Å². The fourth-order valence-electron chi connectivity index (χ4n) is 4.55. The molecule has 0 spiro atoms. The standard InChI is InChI=1S/C16H30N2/c1-13-16-10-17-9-15(16)12-18(13)11-14-7-5-3-2-4-6-8-14/h13-17H,2-12H2,1H3. The van der Waals surface area contributed by atoms with E-state index in [1.165, 1.54) is 71.1 Å². The molecule has 2 heteroatoms. The molecule has 18 heavy (non-hydrogen) atoms. The Balaban J connectivity index is 1.52. The van der Waals surface area contributed by atoms with E-state index in [9.17, 15) is 0 Å². The molecule has 3 rings (SSSR count). The zero-order chi connectivity index (χ0) is 12.4. The third-order valence-electron chi connectivity index (χ3n) is 5.77. The molecule has 3 unspecified atom stereocenters. The average molecular weight is 250 g/mol. The van der Waals surface area contributed by atoms with Gasteiger partial charge in [0.25, 0.3) is 0 Å². The molecule has 104 valence electrons. The van der Waals surface area contributed by atoms with E-state index < -0.39 is 0 Å². The summed E-state index contributed by atoms with van der Waals surface area (Å²) in [6.07, 6.45) is 10.4. The van der Waals surface area contributed by atoms with Gasteiger partial charge in [-0.05, 0) is 50.6 Å². The number of nitrogens with one attached hydrogen (secondary N) is 1. The fourth-order valence-corrected chi connectivity index (χ4v) is 4.55. The predicted octanol–water partition coefficient (Wildman–Crippen LogP) is 2.89. The molecule has 0 aromatic heterocycles. The fraction of sp³-hybridized carbons (Fsp3) is 1.00. The topological polar surface area (TPSA) is 15.3 Å². The highest BCUT2D eigenvalue weighted by Crippen LogP contribution is 2.34. The minimum absolute atomic E-state index is 0.829. The van der Waals surface area contributed by atoms with Gasteiger partial charge in [0.1, 0.15) is 0 Å². The first-order chi connectivity index (χ1) is 8.84. The third-order valence-corrected chi connectivity index (χ3v) is 5.77. The summed E-state index contributed by atoms with van der Waals surface area (Å²) in [6, 6.07) is 0.829. The van der Waals surface area contributed by atoms with Crippen LogP contribution in [0.25, 0.3) is 0 Å². The SMILES string of the molecule is CC1C2CNCC2CN1CC1CCCCCCC1. The summed E-state index contributed by atoms with van der Waals surface area (Å²) in [7, 11) is 0. The van der Waals surface area contributed by atoms with E-state index in [1.807, 2.05) is 0 Å². The van der Waals surface area contributed by atoms with Gasteiger partial charge in [-0.2, -0.15) is 0 Å². The van der Waals surface area contributed by atoms with Crippen molar-refractivity contribution in [3.63, 3.8) is 0 Å². The minimum atomic E-state index is 0.829. The van der Waals surface area contributed by atoms with Crippen LogP contribution in [-0.4, -0.2) is 37.1 Å². The van der Waals surface area contributed by atoms with E-state index in [4.69, 9.17) is 0 Å². The van der Waals surface area contributed by atoms with E-state index in [2.05, 4.69) is 17.1 Å². The summed E-state index contributed by atoms with van der Waals surface area (Å²) in [6.45, 7) is 7.78. The van der Waals surface area contributed by atoms with E-state index in [1.54, 1.807) is 0 Å². The second-order valence-corrected chi connectivity index (χ2v) is 6.99. The van der Waals surface area contributed by atoms with Crippen molar-refractivity contribution in [1.82, 2.24) is 10.2 Å². The van der Waals surface area contributed by atoms with Crippen LogP contribution < -0.4 is 5.32 Å². The largest absolute Gasteiger partial charge is 0.316 e. The lowest BCUT2D eigenvalue weighted by atomic mass is 9.90. The smallest absolute Gasteiger partial charge is 0.0111 e. The van der Waals surface area contributed by atoms with Gasteiger partial charge in [-0.3, -0.25) is 4.90 Å². The highest BCUT2D eigenvalue weighted by atomic mass is 15.2. The molecule has 2 heterocycles. The molecule has 1 N–H and O–H groups in total. The van der Waals surface area contributed by atoms with E-state index in [0.29, 0.717) is 0 Å². The Bertz CT molecular complexity index is 258. The molecule has 1 saturated carbocycles. The van der Waals surface area contributed by atoms with Crippen molar-refractivity contribution in [2.24, 2.45) is 17.8 Å². The van der Waals surface area contributed by atoms with Crippen LogP contribution in [0.15, 0.2) is 0 Å². The van der Waals surface area contributed by atoms with Gasteiger partial charge in [0.05, 0.1) is 0 Å². The van der Waals surface area contributed by atoms with Crippen molar-refractivity contribution in [1.29, 1.82) is 0 Å². The highest BCUT2D eigenvalue weighted by molar-refractivity contribution is 4.96. The van der Waals surface area contributed by atoms with Crippen molar-refractivity contribution >= 4 is 0 Å². The zero-order valence-corrected chi connectivity index (χ0v) is 12.0. The molecule has 3 aliphatic rings. The van der Waals surface area contributed by atoms with E-state index >= 15 is 0 Å². The maximum Gasteiger partial charge on any atom is 0.0111 e. The van der Waals surface area contributed by atoms with Gasteiger partial charge in [-0.25, -0.2) is 0 Å². The van der Waals surface area contributed by atoms with Gasteiger partial charge in [0, 0.05) is 19.1 Å². The third kappa shape index (κ3) is 2.75. The second kappa shape index (κ2) is 5.92. The van der Waals surface area contributed by atoms with Crippen LogP contribution in [0.3, 0.4) is 0 Å². The minimum Gasteiger partial charge on any atom is -0.316 e. The normalized spacial score (nSPS) is 39.5. The Morgan fingerprint density at radius 2 is 1.72 bits per heavy atom. The molecule has 2 saturated heterocycles.